The van der Waals surface area contributed by atoms with E-state index in [0.717, 1.165) is 13.0 Å². The van der Waals surface area contributed by atoms with Gasteiger partial charge in [0.15, 0.2) is 0 Å². The first-order chi connectivity index (χ1) is 8.77. The molecule has 1 heterocycles. The molecule has 0 radical (unpaired) electrons. The molecule has 1 saturated heterocycles. The van der Waals surface area contributed by atoms with Crippen LogP contribution in [-0.4, -0.2) is 25.9 Å². The summed E-state index contributed by atoms with van der Waals surface area (Å²) in [7, 11) is 1.81. The molecule has 0 aromatic rings. The van der Waals surface area contributed by atoms with Crippen molar-refractivity contribution < 1.29 is 9.47 Å². The van der Waals surface area contributed by atoms with Gasteiger partial charge < -0.3 is 9.47 Å². The maximum Gasteiger partial charge on any atom is 0.0780 e. The van der Waals surface area contributed by atoms with E-state index in [1.807, 2.05) is 0 Å². The summed E-state index contributed by atoms with van der Waals surface area (Å²) in [6, 6.07) is 0. The first-order valence-electron chi connectivity index (χ1n) is 7.59. The van der Waals surface area contributed by atoms with Gasteiger partial charge in [-0.25, -0.2) is 0 Å². The molecule has 0 aromatic heterocycles. The maximum atomic E-state index is 5.80. The highest BCUT2D eigenvalue weighted by Crippen LogP contribution is 2.22. The van der Waals surface area contributed by atoms with Crippen molar-refractivity contribution in [3.63, 3.8) is 0 Å². The fourth-order valence-corrected chi connectivity index (χ4v) is 2.49. The first-order valence-corrected chi connectivity index (χ1v) is 7.59. The van der Waals surface area contributed by atoms with Gasteiger partial charge in [0.05, 0.1) is 18.8 Å². The lowest BCUT2D eigenvalue weighted by Gasteiger charge is -2.32. The van der Waals surface area contributed by atoms with Gasteiger partial charge in [0.2, 0.25) is 0 Å². The van der Waals surface area contributed by atoms with E-state index in [4.69, 9.17) is 9.47 Å². The topological polar surface area (TPSA) is 18.5 Å². The van der Waals surface area contributed by atoms with Crippen molar-refractivity contribution in [1.82, 2.24) is 0 Å². The smallest absolute Gasteiger partial charge is 0.0780 e. The Hall–Kier alpha value is -0.340. The monoisotopic (exact) mass is 254 g/mol. The van der Waals surface area contributed by atoms with Crippen LogP contribution in [0.4, 0.5) is 0 Å². The first kappa shape index (κ1) is 15.7. The average molecular weight is 254 g/mol. The summed E-state index contributed by atoms with van der Waals surface area (Å²) < 4.78 is 11.3. The lowest BCUT2D eigenvalue weighted by molar-refractivity contribution is -0.0753. The summed E-state index contributed by atoms with van der Waals surface area (Å²) in [5.74, 6) is 0.522. The molecule has 1 fully saturated rings. The molecule has 1 aliphatic rings. The normalized spacial score (nSPS) is 28.9. The van der Waals surface area contributed by atoms with Gasteiger partial charge in [0, 0.05) is 19.4 Å². The number of methoxy groups -OCH3 is 1. The largest absolute Gasteiger partial charge is 0.381 e. The Morgan fingerprint density at radius 2 is 2.00 bits per heavy atom. The molecule has 0 spiro atoms. The van der Waals surface area contributed by atoms with Gasteiger partial charge >= 0.3 is 0 Å². The molecule has 2 heteroatoms. The second-order valence-electron chi connectivity index (χ2n) is 5.49. The molecule has 1 aliphatic heterocycles. The van der Waals surface area contributed by atoms with Crippen LogP contribution >= 0.6 is 0 Å². The fraction of sp³-hybridized carbons (Fsp3) is 0.875. The van der Waals surface area contributed by atoms with Crippen LogP contribution in [0.2, 0.25) is 0 Å². The number of rotatable bonds is 8. The number of ether oxygens (including phenoxy) is 2. The van der Waals surface area contributed by atoms with E-state index in [1.165, 1.54) is 38.5 Å². The van der Waals surface area contributed by atoms with Gasteiger partial charge in [-0.1, -0.05) is 51.7 Å². The van der Waals surface area contributed by atoms with Crippen molar-refractivity contribution in [3.8, 4) is 0 Å². The number of hydrogen-bond acceptors (Lipinski definition) is 2. The zero-order valence-corrected chi connectivity index (χ0v) is 12.4. The van der Waals surface area contributed by atoms with Crippen LogP contribution in [0.25, 0.3) is 0 Å². The van der Waals surface area contributed by atoms with Crippen molar-refractivity contribution in [3.05, 3.63) is 12.2 Å². The van der Waals surface area contributed by atoms with Gasteiger partial charge in [0.25, 0.3) is 0 Å². The van der Waals surface area contributed by atoms with Crippen molar-refractivity contribution in [2.24, 2.45) is 5.92 Å². The van der Waals surface area contributed by atoms with E-state index in [-0.39, 0.29) is 6.10 Å². The van der Waals surface area contributed by atoms with Crippen LogP contribution in [0.5, 0.6) is 0 Å². The molecule has 0 aliphatic carbocycles. The second-order valence-corrected chi connectivity index (χ2v) is 5.49. The summed E-state index contributed by atoms with van der Waals surface area (Å²) in [5, 5.41) is 0. The molecule has 106 valence electrons. The average Bonchev–Trinajstić information content (AvgIpc) is 2.39. The molecule has 0 N–H and O–H groups in total. The molecule has 1 rings (SSSR count). The van der Waals surface area contributed by atoms with Gasteiger partial charge in [-0.2, -0.15) is 0 Å². The van der Waals surface area contributed by atoms with Crippen molar-refractivity contribution >= 4 is 0 Å². The predicted octanol–water partition coefficient (Wildman–Crippen LogP) is 4.34. The van der Waals surface area contributed by atoms with Gasteiger partial charge in [-0.3, -0.25) is 0 Å². The Labute approximate surface area is 113 Å². The molecular formula is C16H30O2. The Morgan fingerprint density at radius 1 is 1.22 bits per heavy atom. The van der Waals surface area contributed by atoms with E-state index < -0.39 is 0 Å². The SMILES string of the molecule is CCCCCCC/C=C\C1CC(OC)C(C)CO1. The van der Waals surface area contributed by atoms with Crippen LogP contribution in [0.15, 0.2) is 12.2 Å². The minimum atomic E-state index is 0.266. The molecule has 18 heavy (non-hydrogen) atoms. The zero-order chi connectivity index (χ0) is 13.2. The highest BCUT2D eigenvalue weighted by molar-refractivity contribution is 4.93. The highest BCUT2D eigenvalue weighted by Gasteiger charge is 2.26. The standard InChI is InChI=1S/C16H30O2/c1-4-5-6-7-8-9-10-11-15-12-16(17-3)14(2)13-18-15/h10-11,14-16H,4-9,12-13H2,1-3H3/b11-10-. The lowest BCUT2D eigenvalue weighted by Crippen LogP contribution is -2.36. The zero-order valence-electron chi connectivity index (χ0n) is 12.4. The van der Waals surface area contributed by atoms with Gasteiger partial charge in [-0.15, -0.1) is 0 Å². The Morgan fingerprint density at radius 3 is 2.72 bits per heavy atom. The summed E-state index contributed by atoms with van der Waals surface area (Å²) in [6.45, 7) is 5.28. The Bertz CT molecular complexity index is 225. The fourth-order valence-electron chi connectivity index (χ4n) is 2.49. The van der Waals surface area contributed by atoms with Crippen molar-refractivity contribution in [1.29, 1.82) is 0 Å². The number of allylic oxidation sites excluding steroid dienone is 1. The maximum absolute atomic E-state index is 5.80. The Balaban J connectivity index is 2.10. The molecule has 0 amide bonds. The number of hydrogen-bond donors (Lipinski definition) is 0. The van der Waals surface area contributed by atoms with Crippen molar-refractivity contribution in [2.75, 3.05) is 13.7 Å². The van der Waals surface area contributed by atoms with Gasteiger partial charge in [0.1, 0.15) is 0 Å². The molecule has 0 bridgehead atoms. The van der Waals surface area contributed by atoms with E-state index in [0.29, 0.717) is 12.0 Å². The Kier molecular flexibility index (Phi) is 8.36. The third-order valence-corrected chi connectivity index (χ3v) is 3.80. The van der Waals surface area contributed by atoms with E-state index in [9.17, 15) is 0 Å². The van der Waals surface area contributed by atoms with E-state index >= 15 is 0 Å². The molecule has 0 saturated carbocycles. The van der Waals surface area contributed by atoms with Gasteiger partial charge in [-0.05, 0) is 12.8 Å². The molecule has 2 nitrogen and oxygen atoms in total. The van der Waals surface area contributed by atoms with Crippen LogP contribution in [0.1, 0.15) is 58.8 Å². The third kappa shape index (κ3) is 6.01. The van der Waals surface area contributed by atoms with Crippen LogP contribution in [-0.2, 0) is 9.47 Å². The summed E-state index contributed by atoms with van der Waals surface area (Å²) in [5.41, 5.74) is 0. The molecule has 3 atom stereocenters. The highest BCUT2D eigenvalue weighted by atomic mass is 16.5. The predicted molar refractivity (Wildman–Crippen MR) is 76.8 cm³/mol. The second kappa shape index (κ2) is 9.57. The van der Waals surface area contributed by atoms with Crippen LogP contribution in [0, 0.1) is 5.92 Å². The van der Waals surface area contributed by atoms with Crippen LogP contribution < -0.4 is 0 Å². The molecular weight excluding hydrogens is 224 g/mol. The number of unbranched alkanes of at least 4 members (excludes halogenated alkanes) is 5. The third-order valence-electron chi connectivity index (χ3n) is 3.80. The molecule has 3 unspecified atom stereocenters. The molecule has 0 aromatic carbocycles. The van der Waals surface area contributed by atoms with E-state index in [2.05, 4.69) is 26.0 Å². The minimum absolute atomic E-state index is 0.266. The summed E-state index contributed by atoms with van der Waals surface area (Å²) >= 11 is 0. The minimum Gasteiger partial charge on any atom is -0.381 e. The van der Waals surface area contributed by atoms with Crippen molar-refractivity contribution in [2.45, 2.75) is 71.0 Å². The van der Waals surface area contributed by atoms with Crippen LogP contribution in [0.3, 0.4) is 0 Å². The van der Waals surface area contributed by atoms with E-state index in [1.54, 1.807) is 7.11 Å². The lowest BCUT2D eigenvalue weighted by atomic mass is 9.96. The quantitative estimate of drug-likeness (QED) is 0.474. The summed E-state index contributed by atoms with van der Waals surface area (Å²) in [6.07, 6.45) is 14.1. The summed E-state index contributed by atoms with van der Waals surface area (Å²) in [4.78, 5) is 0.